The van der Waals surface area contributed by atoms with Crippen molar-refractivity contribution >= 4 is 28.4 Å². The number of aryl methyl sites for hydroxylation is 1. The van der Waals surface area contributed by atoms with Crippen LogP contribution in [0, 0.1) is 6.92 Å². The Hall–Kier alpha value is -2.90. The number of nitrogens with zero attached hydrogens (tertiary/aromatic N) is 4. The van der Waals surface area contributed by atoms with Crippen LogP contribution in [0.3, 0.4) is 0 Å². The minimum absolute atomic E-state index is 0.102. The third-order valence-electron chi connectivity index (χ3n) is 6.03. The molecule has 1 N–H and O–H groups in total. The third-order valence-corrected chi connectivity index (χ3v) is 7.11. The molecule has 6 nitrogen and oxygen atoms in total. The van der Waals surface area contributed by atoms with Gasteiger partial charge in [0.15, 0.2) is 16.8 Å². The highest BCUT2D eigenvalue weighted by Gasteiger charge is 2.27. The summed E-state index contributed by atoms with van der Waals surface area (Å²) in [7, 11) is 4.13. The molecule has 2 aromatic heterocycles. The van der Waals surface area contributed by atoms with Crippen molar-refractivity contribution in [3.63, 3.8) is 0 Å². The molecule has 0 spiro atoms. The van der Waals surface area contributed by atoms with Crippen molar-refractivity contribution in [3.05, 3.63) is 77.2 Å². The van der Waals surface area contributed by atoms with E-state index in [2.05, 4.69) is 57.8 Å². The molecule has 0 aliphatic heterocycles. The van der Waals surface area contributed by atoms with Crippen LogP contribution >= 0.6 is 11.8 Å². The van der Waals surface area contributed by atoms with Crippen molar-refractivity contribution in [2.45, 2.75) is 50.2 Å². The zero-order valence-electron chi connectivity index (χ0n) is 19.9. The Bertz CT molecular complexity index is 1240. The van der Waals surface area contributed by atoms with Gasteiger partial charge in [0, 0.05) is 22.2 Å². The first-order chi connectivity index (χ1) is 15.9. The van der Waals surface area contributed by atoms with Crippen molar-refractivity contribution in [2.24, 2.45) is 0 Å². The number of ketones is 1. The van der Waals surface area contributed by atoms with E-state index in [0.29, 0.717) is 6.54 Å². The number of aromatic amines is 1. The predicted octanol–water partition coefficient (Wildman–Crippen LogP) is 5.49. The maximum atomic E-state index is 13.5. The highest BCUT2D eigenvalue weighted by molar-refractivity contribution is 8.00. The van der Waals surface area contributed by atoms with Crippen molar-refractivity contribution in [1.29, 1.82) is 0 Å². The number of fused-ring (bicyclic) bond motifs is 1. The summed E-state index contributed by atoms with van der Waals surface area (Å²) in [5, 5.41) is 10.6. The maximum Gasteiger partial charge on any atom is 0.192 e. The van der Waals surface area contributed by atoms with Gasteiger partial charge in [-0.1, -0.05) is 67.2 Å². The lowest BCUT2D eigenvalue weighted by atomic mass is 10.1. The van der Waals surface area contributed by atoms with E-state index in [9.17, 15) is 4.79 Å². The number of carbonyl (C=O) groups is 1. The lowest BCUT2D eigenvalue weighted by Crippen LogP contribution is -2.23. The average Bonchev–Trinajstić information content (AvgIpc) is 3.34. The quantitative estimate of drug-likeness (QED) is 0.264. The fourth-order valence-electron chi connectivity index (χ4n) is 4.34. The van der Waals surface area contributed by atoms with E-state index in [1.807, 2.05) is 56.3 Å². The van der Waals surface area contributed by atoms with Crippen LogP contribution < -0.4 is 0 Å². The second kappa shape index (κ2) is 9.93. The van der Waals surface area contributed by atoms with Crippen LogP contribution in [0.25, 0.3) is 10.9 Å². The molecular formula is C26H31N5OS. The molecule has 172 valence electrons. The molecule has 0 radical (unpaired) electrons. The van der Waals surface area contributed by atoms with Gasteiger partial charge in [-0.3, -0.25) is 9.69 Å². The Kier molecular flexibility index (Phi) is 7.00. The van der Waals surface area contributed by atoms with Crippen LogP contribution in [-0.4, -0.2) is 49.8 Å². The molecular weight excluding hydrogens is 430 g/mol. The summed E-state index contributed by atoms with van der Waals surface area (Å²) in [6, 6.07) is 18.4. The number of H-pyrrole nitrogens is 1. The van der Waals surface area contributed by atoms with Crippen molar-refractivity contribution < 1.29 is 4.79 Å². The number of aromatic nitrogens is 4. The van der Waals surface area contributed by atoms with Gasteiger partial charge in [-0.2, -0.15) is 0 Å². The Morgan fingerprint density at radius 1 is 1.09 bits per heavy atom. The lowest BCUT2D eigenvalue weighted by molar-refractivity contribution is 0.0995. The van der Waals surface area contributed by atoms with Crippen LogP contribution in [0.2, 0.25) is 0 Å². The van der Waals surface area contributed by atoms with Crippen molar-refractivity contribution in [2.75, 3.05) is 14.1 Å². The summed E-state index contributed by atoms with van der Waals surface area (Å²) < 4.78 is 2.17. The summed E-state index contributed by atoms with van der Waals surface area (Å²) >= 11 is 1.48. The molecule has 2 atom stereocenters. The number of Topliss-reactive ketones (excluding diaryl/α,β-unsaturated/α-hetero) is 1. The van der Waals surface area contributed by atoms with Gasteiger partial charge in [0.1, 0.15) is 0 Å². The molecule has 4 rings (SSSR count). The Morgan fingerprint density at radius 3 is 2.48 bits per heavy atom. The third kappa shape index (κ3) is 4.75. The van der Waals surface area contributed by atoms with Gasteiger partial charge in [-0.15, -0.1) is 10.2 Å². The summed E-state index contributed by atoms with van der Waals surface area (Å²) in [6.45, 7) is 6.75. The van der Waals surface area contributed by atoms with E-state index in [0.717, 1.165) is 39.6 Å². The molecule has 4 aromatic rings. The van der Waals surface area contributed by atoms with Gasteiger partial charge < -0.3 is 9.55 Å². The first kappa shape index (κ1) is 23.3. The zero-order chi connectivity index (χ0) is 23.5. The molecule has 0 saturated carbocycles. The predicted molar refractivity (Wildman–Crippen MR) is 135 cm³/mol. The molecule has 0 aliphatic carbocycles. The van der Waals surface area contributed by atoms with Gasteiger partial charge in [0.25, 0.3) is 0 Å². The minimum atomic E-state index is -0.297. The number of nitrogens with one attached hydrogen (secondary N) is 1. The molecule has 2 heterocycles. The summed E-state index contributed by atoms with van der Waals surface area (Å²) in [5.74, 6) is 1.03. The largest absolute Gasteiger partial charge is 0.358 e. The fourth-order valence-corrected chi connectivity index (χ4v) is 5.25. The lowest BCUT2D eigenvalue weighted by Gasteiger charge is -2.23. The Balaban J connectivity index is 1.67. The maximum absolute atomic E-state index is 13.5. The summed E-state index contributed by atoms with van der Waals surface area (Å²) in [5.41, 5.74) is 3.83. The standard InChI is InChI=1S/C26H31N5OS/c1-6-22(30(4)5)25-28-29-26(31(25)16-19-12-8-7-9-13-19)33-18(3)24(32)23-17(2)27-21-15-11-10-14-20(21)23/h7-15,18,22,27H,6,16H2,1-5H3/t18-,22+/m0/s1. The minimum Gasteiger partial charge on any atom is -0.358 e. The van der Waals surface area contributed by atoms with Crippen LogP contribution in [-0.2, 0) is 6.54 Å². The molecule has 7 heteroatoms. The van der Waals surface area contributed by atoms with Gasteiger partial charge in [0.2, 0.25) is 0 Å². The van der Waals surface area contributed by atoms with Crippen molar-refractivity contribution in [1.82, 2.24) is 24.6 Å². The van der Waals surface area contributed by atoms with Gasteiger partial charge in [-0.25, -0.2) is 0 Å². The van der Waals surface area contributed by atoms with Crippen LogP contribution in [0.1, 0.15) is 53.7 Å². The van der Waals surface area contributed by atoms with Crippen LogP contribution in [0.5, 0.6) is 0 Å². The number of para-hydroxylation sites is 1. The van der Waals surface area contributed by atoms with Crippen molar-refractivity contribution in [3.8, 4) is 0 Å². The second-order valence-electron chi connectivity index (χ2n) is 8.60. The molecule has 0 saturated heterocycles. The van der Waals surface area contributed by atoms with Gasteiger partial charge in [-0.05, 0) is 46.0 Å². The summed E-state index contributed by atoms with van der Waals surface area (Å²) in [6.07, 6.45) is 0.924. The van der Waals surface area contributed by atoms with E-state index in [-0.39, 0.29) is 17.1 Å². The fraction of sp³-hybridized carbons (Fsp3) is 0.346. The van der Waals surface area contributed by atoms with E-state index in [4.69, 9.17) is 0 Å². The number of rotatable bonds is 9. The van der Waals surface area contributed by atoms with Crippen LogP contribution in [0.15, 0.2) is 59.8 Å². The smallest absolute Gasteiger partial charge is 0.192 e. The molecule has 0 bridgehead atoms. The zero-order valence-corrected chi connectivity index (χ0v) is 20.7. The molecule has 0 fully saturated rings. The first-order valence-electron chi connectivity index (χ1n) is 11.3. The SMILES string of the molecule is CC[C@H](c1nnc(S[C@@H](C)C(=O)c2c(C)[nH]c3ccccc23)n1Cc1ccccc1)N(C)C. The number of benzene rings is 2. The molecule has 0 unspecified atom stereocenters. The van der Waals surface area contributed by atoms with E-state index in [1.165, 1.54) is 17.3 Å². The number of hydrogen-bond acceptors (Lipinski definition) is 5. The van der Waals surface area contributed by atoms with Gasteiger partial charge in [0.05, 0.1) is 17.8 Å². The number of carbonyl (C=O) groups excluding carboxylic acids is 1. The molecule has 2 aromatic carbocycles. The highest BCUT2D eigenvalue weighted by atomic mass is 32.2. The highest BCUT2D eigenvalue weighted by Crippen LogP contribution is 2.32. The van der Waals surface area contributed by atoms with E-state index < -0.39 is 0 Å². The van der Waals surface area contributed by atoms with E-state index >= 15 is 0 Å². The van der Waals surface area contributed by atoms with Gasteiger partial charge >= 0.3 is 0 Å². The second-order valence-corrected chi connectivity index (χ2v) is 9.90. The topological polar surface area (TPSA) is 66.8 Å². The molecule has 0 amide bonds. The number of thioether (sulfide) groups is 1. The summed E-state index contributed by atoms with van der Waals surface area (Å²) in [4.78, 5) is 19.0. The van der Waals surface area contributed by atoms with E-state index in [1.54, 1.807) is 0 Å². The first-order valence-corrected chi connectivity index (χ1v) is 12.2. The Morgan fingerprint density at radius 2 is 1.79 bits per heavy atom. The average molecular weight is 462 g/mol. The Labute approximate surface area is 199 Å². The number of hydrogen-bond donors (Lipinski definition) is 1. The monoisotopic (exact) mass is 461 g/mol. The van der Waals surface area contributed by atoms with Crippen LogP contribution in [0.4, 0.5) is 0 Å². The molecule has 0 aliphatic rings. The molecule has 33 heavy (non-hydrogen) atoms. The normalized spacial score (nSPS) is 13.5.